The first kappa shape index (κ1) is 6.54. The molecule has 2 heterocycles. The molecule has 2 aliphatic heterocycles. The molecule has 2 rings (SSSR count). The Morgan fingerprint density at radius 1 is 1.45 bits per heavy atom. The lowest BCUT2D eigenvalue weighted by Crippen LogP contribution is -2.25. The summed E-state index contributed by atoms with van der Waals surface area (Å²) in [6, 6.07) is 0. The normalized spacial score (nSPS) is 27.4. The highest BCUT2D eigenvalue weighted by atomic mass is 35.5. The average Bonchev–Trinajstić information content (AvgIpc) is 2.34. The van der Waals surface area contributed by atoms with E-state index in [0.29, 0.717) is 11.0 Å². The Hall–Kier alpha value is -1.16. The molecule has 2 N–H and O–H groups in total. The summed E-state index contributed by atoms with van der Waals surface area (Å²) in [5, 5.41) is 0.435. The SMILES string of the molecule is NC1=NC2=NC=CC2C(Cl)=N1. The number of hydrogen-bond acceptors (Lipinski definition) is 4. The van der Waals surface area contributed by atoms with Gasteiger partial charge >= 0.3 is 0 Å². The summed E-state index contributed by atoms with van der Waals surface area (Å²) in [4.78, 5) is 11.7. The van der Waals surface area contributed by atoms with Gasteiger partial charge in [0, 0.05) is 6.20 Å². The van der Waals surface area contributed by atoms with E-state index in [1.165, 1.54) is 0 Å². The zero-order chi connectivity index (χ0) is 7.84. The van der Waals surface area contributed by atoms with Gasteiger partial charge in [-0.1, -0.05) is 11.6 Å². The molecular formula is C6H5ClN4. The van der Waals surface area contributed by atoms with Gasteiger partial charge in [-0.3, -0.25) is 0 Å². The number of guanidine groups is 1. The predicted octanol–water partition coefficient (Wildman–Crippen LogP) is 0.494. The number of nitrogens with zero attached hydrogens (tertiary/aromatic N) is 3. The minimum atomic E-state index is -0.0658. The maximum Gasteiger partial charge on any atom is 0.222 e. The van der Waals surface area contributed by atoms with Crippen molar-refractivity contribution in [3.05, 3.63) is 12.3 Å². The van der Waals surface area contributed by atoms with E-state index >= 15 is 0 Å². The molecule has 1 atom stereocenters. The standard InChI is InChI=1S/C6H5ClN4/c7-4-3-1-2-9-5(3)11-6(8)10-4/h1-3H,(H2,8,9,11). The summed E-state index contributed by atoms with van der Waals surface area (Å²) < 4.78 is 0. The van der Waals surface area contributed by atoms with Crippen LogP contribution in [0.3, 0.4) is 0 Å². The molecule has 0 spiro atoms. The van der Waals surface area contributed by atoms with Crippen LogP contribution in [0.4, 0.5) is 0 Å². The largest absolute Gasteiger partial charge is 0.368 e. The number of aliphatic imine (C=N–C) groups is 3. The van der Waals surface area contributed by atoms with E-state index in [4.69, 9.17) is 17.3 Å². The molecule has 0 aromatic rings. The van der Waals surface area contributed by atoms with Gasteiger partial charge in [-0.25, -0.2) is 9.98 Å². The van der Waals surface area contributed by atoms with E-state index < -0.39 is 0 Å². The fourth-order valence-corrected chi connectivity index (χ4v) is 1.23. The Morgan fingerprint density at radius 3 is 3.09 bits per heavy atom. The topological polar surface area (TPSA) is 63.1 Å². The molecule has 4 nitrogen and oxygen atoms in total. The summed E-state index contributed by atoms with van der Waals surface area (Å²) in [5.41, 5.74) is 5.35. The van der Waals surface area contributed by atoms with Crippen molar-refractivity contribution < 1.29 is 0 Å². The van der Waals surface area contributed by atoms with Crippen LogP contribution in [-0.4, -0.2) is 17.0 Å². The van der Waals surface area contributed by atoms with Crippen LogP contribution in [0.25, 0.3) is 0 Å². The first-order chi connectivity index (χ1) is 5.27. The van der Waals surface area contributed by atoms with Gasteiger partial charge in [0.15, 0.2) is 0 Å². The molecule has 0 saturated heterocycles. The van der Waals surface area contributed by atoms with Crippen LogP contribution < -0.4 is 5.73 Å². The number of nitrogens with two attached hydrogens (primary N) is 1. The van der Waals surface area contributed by atoms with E-state index in [9.17, 15) is 0 Å². The number of rotatable bonds is 0. The van der Waals surface area contributed by atoms with Crippen molar-refractivity contribution >= 4 is 28.6 Å². The van der Waals surface area contributed by atoms with Gasteiger partial charge in [0.25, 0.3) is 0 Å². The van der Waals surface area contributed by atoms with Gasteiger partial charge in [0.1, 0.15) is 11.0 Å². The van der Waals surface area contributed by atoms with Gasteiger partial charge in [-0.2, -0.15) is 4.99 Å². The van der Waals surface area contributed by atoms with Crippen molar-refractivity contribution in [3.8, 4) is 0 Å². The van der Waals surface area contributed by atoms with Crippen LogP contribution in [0.5, 0.6) is 0 Å². The predicted molar refractivity (Wildman–Crippen MR) is 45.0 cm³/mol. The molecule has 0 bridgehead atoms. The molecule has 11 heavy (non-hydrogen) atoms. The third-order valence-electron chi connectivity index (χ3n) is 1.47. The van der Waals surface area contributed by atoms with Crippen molar-refractivity contribution in [1.29, 1.82) is 0 Å². The van der Waals surface area contributed by atoms with Crippen LogP contribution >= 0.6 is 11.6 Å². The molecule has 0 amide bonds. The maximum atomic E-state index is 5.77. The molecule has 1 unspecified atom stereocenters. The molecule has 5 heteroatoms. The molecule has 0 aliphatic carbocycles. The second kappa shape index (κ2) is 2.17. The minimum absolute atomic E-state index is 0.0658. The van der Waals surface area contributed by atoms with Gasteiger partial charge in [0.05, 0.1) is 5.92 Å². The fraction of sp³-hybridized carbons (Fsp3) is 0.167. The Balaban J connectivity index is 2.45. The molecule has 56 valence electrons. The summed E-state index contributed by atoms with van der Waals surface area (Å²) >= 11 is 5.77. The minimum Gasteiger partial charge on any atom is -0.368 e. The Bertz CT molecular complexity index is 313. The Labute approximate surface area is 68.2 Å². The second-order valence-electron chi connectivity index (χ2n) is 2.21. The van der Waals surface area contributed by atoms with E-state index in [0.717, 1.165) is 0 Å². The number of amidine groups is 1. The van der Waals surface area contributed by atoms with Gasteiger partial charge in [-0.05, 0) is 6.08 Å². The third-order valence-corrected chi connectivity index (χ3v) is 1.79. The van der Waals surface area contributed by atoms with E-state index in [2.05, 4.69) is 15.0 Å². The lowest BCUT2D eigenvalue weighted by atomic mass is 10.1. The van der Waals surface area contributed by atoms with Crippen molar-refractivity contribution in [2.45, 2.75) is 0 Å². The molecule has 0 radical (unpaired) electrons. The van der Waals surface area contributed by atoms with Crippen LogP contribution in [-0.2, 0) is 0 Å². The summed E-state index contributed by atoms with van der Waals surface area (Å²) in [6.07, 6.45) is 3.48. The second-order valence-corrected chi connectivity index (χ2v) is 2.60. The highest BCUT2D eigenvalue weighted by molar-refractivity contribution is 6.69. The summed E-state index contributed by atoms with van der Waals surface area (Å²) in [5.74, 6) is 0.736. The van der Waals surface area contributed by atoms with Crippen LogP contribution in [0, 0.1) is 5.92 Å². The Kier molecular flexibility index (Phi) is 1.29. The van der Waals surface area contributed by atoms with Gasteiger partial charge < -0.3 is 5.73 Å². The first-order valence-electron chi connectivity index (χ1n) is 3.10. The Morgan fingerprint density at radius 2 is 2.27 bits per heavy atom. The maximum absolute atomic E-state index is 5.77. The van der Waals surface area contributed by atoms with E-state index in [1.54, 1.807) is 6.20 Å². The first-order valence-corrected chi connectivity index (χ1v) is 3.48. The highest BCUT2D eigenvalue weighted by Crippen LogP contribution is 2.18. The van der Waals surface area contributed by atoms with Gasteiger partial charge in [0.2, 0.25) is 5.96 Å². The lowest BCUT2D eigenvalue weighted by Gasteiger charge is -2.10. The molecule has 0 aromatic carbocycles. The molecule has 0 fully saturated rings. The van der Waals surface area contributed by atoms with Crippen molar-refractivity contribution in [2.24, 2.45) is 26.6 Å². The highest BCUT2D eigenvalue weighted by Gasteiger charge is 2.24. The zero-order valence-electron chi connectivity index (χ0n) is 5.53. The molecule has 0 aromatic heterocycles. The zero-order valence-corrected chi connectivity index (χ0v) is 6.28. The monoisotopic (exact) mass is 168 g/mol. The van der Waals surface area contributed by atoms with Crippen LogP contribution in [0.15, 0.2) is 27.3 Å². The number of hydrogen-bond donors (Lipinski definition) is 1. The number of fused-ring (bicyclic) bond motifs is 1. The van der Waals surface area contributed by atoms with Crippen LogP contribution in [0.2, 0.25) is 0 Å². The molecular weight excluding hydrogens is 164 g/mol. The number of halogens is 1. The van der Waals surface area contributed by atoms with E-state index in [1.807, 2.05) is 6.08 Å². The smallest absolute Gasteiger partial charge is 0.222 e. The molecule has 0 saturated carbocycles. The van der Waals surface area contributed by atoms with Crippen LogP contribution in [0.1, 0.15) is 0 Å². The van der Waals surface area contributed by atoms with Crippen molar-refractivity contribution in [2.75, 3.05) is 0 Å². The van der Waals surface area contributed by atoms with E-state index in [-0.39, 0.29) is 11.9 Å². The average molecular weight is 169 g/mol. The summed E-state index contributed by atoms with van der Waals surface area (Å²) in [7, 11) is 0. The van der Waals surface area contributed by atoms with Crippen molar-refractivity contribution in [3.63, 3.8) is 0 Å². The van der Waals surface area contributed by atoms with Gasteiger partial charge in [-0.15, -0.1) is 0 Å². The quantitative estimate of drug-likeness (QED) is 0.562. The summed E-state index contributed by atoms with van der Waals surface area (Å²) in [6.45, 7) is 0. The fourth-order valence-electron chi connectivity index (χ4n) is 0.978. The van der Waals surface area contributed by atoms with Crippen molar-refractivity contribution in [1.82, 2.24) is 0 Å². The third kappa shape index (κ3) is 0.952. The molecule has 2 aliphatic rings. The lowest BCUT2D eigenvalue weighted by molar-refractivity contribution is 1.19.